The summed E-state index contributed by atoms with van der Waals surface area (Å²) in [5.41, 5.74) is 12.1. The lowest BCUT2D eigenvalue weighted by molar-refractivity contribution is -0.138. The molecule has 0 fully saturated rings. The van der Waals surface area contributed by atoms with Crippen molar-refractivity contribution in [3.05, 3.63) is 307 Å². The van der Waals surface area contributed by atoms with Gasteiger partial charge in [0.15, 0.2) is 11.6 Å². The van der Waals surface area contributed by atoms with E-state index in [0.717, 1.165) is 38.5 Å². The molecule has 0 saturated heterocycles. The Kier molecular flexibility index (Phi) is 42.0. The third-order valence-corrected chi connectivity index (χ3v) is 17.3. The van der Waals surface area contributed by atoms with E-state index < -0.39 is 40.9 Å². The van der Waals surface area contributed by atoms with Crippen LogP contribution in [0.2, 0.25) is 5.02 Å². The number of hydrogen-bond acceptors (Lipinski definition) is 3. The summed E-state index contributed by atoms with van der Waals surface area (Å²) in [5, 5.41) is 9.73. The van der Waals surface area contributed by atoms with E-state index in [1.165, 1.54) is 56.7 Å². The van der Waals surface area contributed by atoms with Gasteiger partial charge in [0.05, 0.1) is 35.0 Å². The van der Waals surface area contributed by atoms with Crippen molar-refractivity contribution in [3.8, 4) is 6.07 Å². The fourth-order valence-corrected chi connectivity index (χ4v) is 10.6. The number of nitriles is 1. The first kappa shape index (κ1) is 96.1. The topological polar surface area (TPSA) is 53.9 Å². The number of nitrogens with zero attached hydrogens (tertiary/aromatic N) is 4. The number of aromatic nitrogens is 2. The number of benzene rings is 8. The average Bonchev–Trinajstić information content (AvgIpc) is 0.818. The highest BCUT2D eigenvalue weighted by Crippen LogP contribution is 2.37. The largest absolute Gasteiger partial charge is 0.416 e. The minimum absolute atomic E-state index is 0.0279. The zero-order valence-corrected chi connectivity index (χ0v) is 68.8. The number of hydrogen-bond donors (Lipinski definition) is 0. The monoisotopic (exact) mass is 1600 g/mol. The molecule has 0 N–H and O–H groups in total. The zero-order chi connectivity index (χ0) is 81.4. The molecule has 0 aliphatic carbocycles. The highest BCUT2D eigenvalue weighted by atomic mass is 127. The van der Waals surface area contributed by atoms with Gasteiger partial charge >= 0.3 is 12.4 Å². The lowest BCUT2D eigenvalue weighted by Gasteiger charge is -2.15. The molecule has 0 atom stereocenters. The smallest absolute Gasteiger partial charge is 0.261 e. The van der Waals surface area contributed by atoms with Crippen LogP contribution in [-0.2, 0) is 12.4 Å². The van der Waals surface area contributed by atoms with Gasteiger partial charge in [0.25, 0.3) is 0 Å². The molecule has 0 radical (unpaired) electrons. The van der Waals surface area contributed by atoms with Gasteiger partial charge in [-0.25, -0.2) is 26.8 Å². The molecule has 106 heavy (non-hydrogen) atoms. The predicted molar refractivity (Wildman–Crippen MR) is 427 cm³/mol. The summed E-state index contributed by atoms with van der Waals surface area (Å²) in [7, 11) is 0. The molecule has 0 spiro atoms. The molecule has 8 aromatic carbocycles. The van der Waals surface area contributed by atoms with Crippen LogP contribution in [0.15, 0.2) is 158 Å². The zero-order valence-electron chi connectivity index (χ0n) is 65.9. The van der Waals surface area contributed by atoms with E-state index in [4.69, 9.17) is 23.4 Å². The van der Waals surface area contributed by atoms with Gasteiger partial charge in [-0.3, -0.25) is 9.97 Å². The van der Waals surface area contributed by atoms with E-state index in [1.54, 1.807) is 103 Å². The van der Waals surface area contributed by atoms with Crippen molar-refractivity contribution in [1.82, 2.24) is 9.97 Å². The molecule has 0 unspecified atom stereocenters. The lowest BCUT2D eigenvalue weighted by atomic mass is 9.95. The average molecular weight is 1600 g/mol. The van der Waals surface area contributed by atoms with Gasteiger partial charge in [0.2, 0.25) is 5.69 Å². The second kappa shape index (κ2) is 46.3. The summed E-state index contributed by atoms with van der Waals surface area (Å²) >= 11 is 8.34. The summed E-state index contributed by atoms with van der Waals surface area (Å²) in [6.07, 6.45) is -3.28. The van der Waals surface area contributed by atoms with Gasteiger partial charge in [0, 0.05) is 27.2 Å². The van der Waals surface area contributed by atoms with Crippen LogP contribution in [0.3, 0.4) is 0 Å². The Morgan fingerprint density at radius 3 is 1.33 bits per heavy atom. The maximum Gasteiger partial charge on any atom is 0.416 e. The van der Waals surface area contributed by atoms with E-state index in [-0.39, 0.29) is 41.0 Å². The van der Waals surface area contributed by atoms with Crippen LogP contribution in [0.5, 0.6) is 0 Å². The van der Waals surface area contributed by atoms with Crippen LogP contribution in [0.1, 0.15) is 278 Å². The molecule has 1 heterocycles. The van der Waals surface area contributed by atoms with Crippen molar-refractivity contribution in [3.63, 3.8) is 0 Å². The van der Waals surface area contributed by atoms with Gasteiger partial charge in [0.1, 0.15) is 17.5 Å². The third-order valence-electron chi connectivity index (χ3n) is 16.3. The summed E-state index contributed by atoms with van der Waals surface area (Å²) in [5.74, 6) is -0.0156. The molecular weight excluding hydrogens is 1500 g/mol. The van der Waals surface area contributed by atoms with Crippen molar-refractivity contribution >= 4 is 39.9 Å². The van der Waals surface area contributed by atoms with Gasteiger partial charge in [-0.15, -0.1) is 0 Å². The molecule has 9 aromatic rings. The molecular formula is C89H107ClF11IN4. The normalized spacial score (nSPS) is 10.9. The molecule has 574 valence electrons. The predicted octanol–water partition coefficient (Wildman–Crippen LogP) is 30.3. The standard InChI is InChI=1S/2C11H13F3.C11H13N.C10H13Cl.2C10H12F2.C10H10FN.C9H11I.C7H10N2/c1-7(2)9-4-8(3)5-10(6-9)11(12,13)14;1-7(2)9-5-4-8(3)6-10(9)11(12,13)14;1-8(2)11-5-4-9(3)6-10(11)7-12;1-7(2)9-5-4-8(3)6-10(9)11;1-6(2)8-5-9(11)7(3)4-10(8)12;1-6(2)8-5-4-7(3)9(11)10(8)12;1-7(2)8-4-5-9(11)10(6-8)12-3;1-7(2)8-3-5-9(10)6-4-8;1-6(2)7-5-8-3-4-9-7/h2*4-7H,1-3H3;4-6,8H,1-3H3;4-7H,1-3H3;2*4-6H,1-3H3;4-7H,1-2H3;3-7H,1-2H3;3-6H,1-2H3. The van der Waals surface area contributed by atoms with E-state index >= 15 is 0 Å². The van der Waals surface area contributed by atoms with E-state index in [1.807, 2.05) is 80.5 Å². The molecule has 0 saturated carbocycles. The molecule has 0 aliphatic heterocycles. The second-order valence-corrected chi connectivity index (χ2v) is 30.2. The number of aryl methyl sites for hydroxylation is 6. The molecule has 1 aromatic heterocycles. The Labute approximate surface area is 644 Å². The first-order chi connectivity index (χ1) is 49.1. The second-order valence-electron chi connectivity index (χ2n) is 28.6. The van der Waals surface area contributed by atoms with Crippen LogP contribution in [0, 0.1) is 92.1 Å². The van der Waals surface area contributed by atoms with Gasteiger partial charge in [-0.1, -0.05) is 232 Å². The minimum Gasteiger partial charge on any atom is -0.261 e. The SMILES string of the molecule is CC(C)c1ccc(I)cc1.CC(C)c1cnccn1.Cc1cc(C(C)C)cc(C(F)(F)F)c1.Cc1cc(F)c(C(C)C)cc1F.Cc1ccc(C(C)C)c(C#N)c1.Cc1ccc(C(C)C)c(C(F)(F)F)c1.Cc1ccc(C(C)C)c(Cl)c1.Cc1ccc(C(C)C)c(F)c1F.[C-]#[N+]c1cc(C(C)C)ccc1F. The van der Waals surface area contributed by atoms with Crippen LogP contribution in [0.4, 0.5) is 54.0 Å². The number of alkyl halides is 6. The van der Waals surface area contributed by atoms with Crippen LogP contribution >= 0.6 is 34.2 Å². The van der Waals surface area contributed by atoms with E-state index in [2.05, 4.69) is 148 Å². The molecule has 0 aliphatic rings. The van der Waals surface area contributed by atoms with Gasteiger partial charge in [-0.2, -0.15) is 31.6 Å². The van der Waals surface area contributed by atoms with E-state index in [9.17, 15) is 48.3 Å². The van der Waals surface area contributed by atoms with Gasteiger partial charge < -0.3 is 0 Å². The molecule has 0 amide bonds. The first-order valence-electron chi connectivity index (χ1n) is 35.3. The molecule has 0 bridgehead atoms. The molecule has 9 rings (SSSR count). The number of rotatable bonds is 9. The molecule has 4 nitrogen and oxygen atoms in total. The fraction of sp³-hybridized carbons (Fsp3) is 0.393. The molecule has 17 heteroatoms. The summed E-state index contributed by atoms with van der Waals surface area (Å²) in [6.45, 7) is 53.0. The van der Waals surface area contributed by atoms with Crippen molar-refractivity contribution in [2.75, 3.05) is 0 Å². The highest BCUT2D eigenvalue weighted by molar-refractivity contribution is 14.1. The van der Waals surface area contributed by atoms with Gasteiger partial charge in [-0.05, 0) is 239 Å². The first-order valence-corrected chi connectivity index (χ1v) is 36.8. The highest BCUT2D eigenvalue weighted by Gasteiger charge is 2.34. The Balaban J connectivity index is 0.000000598. The van der Waals surface area contributed by atoms with Crippen LogP contribution in [0.25, 0.3) is 4.85 Å². The van der Waals surface area contributed by atoms with Crippen molar-refractivity contribution in [2.24, 2.45) is 0 Å². The Morgan fingerprint density at radius 1 is 0.415 bits per heavy atom. The summed E-state index contributed by atoms with van der Waals surface area (Å²) in [4.78, 5) is 11.1. The van der Waals surface area contributed by atoms with Crippen molar-refractivity contribution in [1.29, 1.82) is 5.26 Å². The summed E-state index contributed by atoms with van der Waals surface area (Å²) < 4.78 is 141. The Bertz CT molecular complexity index is 4210. The van der Waals surface area contributed by atoms with Crippen LogP contribution < -0.4 is 0 Å². The maximum absolute atomic E-state index is 13.1. The van der Waals surface area contributed by atoms with E-state index in [0.29, 0.717) is 68.5 Å². The Hall–Kier alpha value is -7.93. The lowest BCUT2D eigenvalue weighted by Crippen LogP contribution is -2.10. The third kappa shape index (κ3) is 34.3. The van der Waals surface area contributed by atoms with Crippen molar-refractivity contribution in [2.45, 2.75) is 232 Å². The number of halogens is 13. The quantitative estimate of drug-likeness (QED) is 0.0822. The maximum atomic E-state index is 13.1. The minimum atomic E-state index is -4.24. The Morgan fingerprint density at radius 2 is 0.896 bits per heavy atom. The van der Waals surface area contributed by atoms with Crippen LogP contribution in [-0.4, -0.2) is 9.97 Å². The summed E-state index contributed by atoms with van der Waals surface area (Å²) in [6, 6.07) is 42.2. The fourth-order valence-electron chi connectivity index (χ4n) is 9.74. The van der Waals surface area contributed by atoms with Crippen molar-refractivity contribution < 1.29 is 48.3 Å².